The van der Waals surface area contributed by atoms with E-state index < -0.39 is 16.0 Å². The van der Waals surface area contributed by atoms with Gasteiger partial charge in [-0.1, -0.05) is 6.92 Å². The van der Waals surface area contributed by atoms with Crippen LogP contribution in [0.25, 0.3) is 0 Å². The first-order valence-electron chi connectivity index (χ1n) is 5.26. The van der Waals surface area contributed by atoms with Crippen molar-refractivity contribution in [1.82, 2.24) is 5.32 Å². The van der Waals surface area contributed by atoms with Crippen molar-refractivity contribution in [2.75, 3.05) is 18.1 Å². The summed E-state index contributed by atoms with van der Waals surface area (Å²) in [6.45, 7) is 7.63. The van der Waals surface area contributed by atoms with Gasteiger partial charge in [0.25, 0.3) is 0 Å². The Hall–Kier alpha value is -0.160. The first kappa shape index (κ1) is 14.8. The second kappa shape index (κ2) is 5.80. The summed E-state index contributed by atoms with van der Waals surface area (Å²) < 4.78 is 35.5. The fourth-order valence-electron chi connectivity index (χ4n) is 0.971. The van der Waals surface area contributed by atoms with E-state index in [0.29, 0.717) is 0 Å². The topological polar surface area (TPSA) is 46.2 Å². The molecule has 0 saturated carbocycles. The van der Waals surface area contributed by atoms with Gasteiger partial charge < -0.3 is 5.32 Å². The molecule has 3 nitrogen and oxygen atoms in total. The molecule has 0 bridgehead atoms. The Morgan fingerprint density at radius 1 is 1.33 bits per heavy atom. The van der Waals surface area contributed by atoms with E-state index in [0.717, 1.165) is 0 Å². The molecule has 5 heteroatoms. The van der Waals surface area contributed by atoms with Crippen LogP contribution in [0, 0.1) is 0 Å². The van der Waals surface area contributed by atoms with Crippen molar-refractivity contribution in [3.05, 3.63) is 0 Å². The van der Waals surface area contributed by atoms with Gasteiger partial charge in [0.15, 0.2) is 0 Å². The van der Waals surface area contributed by atoms with Crippen LogP contribution < -0.4 is 5.32 Å². The average Bonchev–Trinajstić information content (AvgIpc) is 2.10. The van der Waals surface area contributed by atoms with Crippen LogP contribution in [-0.4, -0.2) is 38.2 Å². The minimum atomic E-state index is -3.04. The van der Waals surface area contributed by atoms with Crippen LogP contribution in [0.15, 0.2) is 0 Å². The van der Waals surface area contributed by atoms with E-state index in [-0.39, 0.29) is 30.0 Å². The lowest BCUT2D eigenvalue weighted by Crippen LogP contribution is -2.40. The van der Waals surface area contributed by atoms with Gasteiger partial charge in [0.2, 0.25) is 0 Å². The van der Waals surface area contributed by atoms with Crippen LogP contribution in [0.4, 0.5) is 4.39 Å². The molecule has 0 fully saturated rings. The largest absolute Gasteiger partial charge is 0.309 e. The Kier molecular flexibility index (Phi) is 5.73. The zero-order chi connectivity index (χ0) is 12.1. The van der Waals surface area contributed by atoms with Gasteiger partial charge in [-0.05, 0) is 27.2 Å². The highest BCUT2D eigenvalue weighted by atomic mass is 32.2. The van der Waals surface area contributed by atoms with E-state index in [1.54, 1.807) is 6.92 Å². The van der Waals surface area contributed by atoms with Crippen LogP contribution >= 0.6 is 0 Å². The van der Waals surface area contributed by atoms with Gasteiger partial charge in [0.1, 0.15) is 16.0 Å². The molecule has 1 unspecified atom stereocenters. The molecular formula is C10H22FNO2S. The molecular weight excluding hydrogens is 217 g/mol. The number of hydrogen-bond acceptors (Lipinski definition) is 3. The van der Waals surface area contributed by atoms with Crippen molar-refractivity contribution in [3.63, 3.8) is 0 Å². The first-order valence-corrected chi connectivity index (χ1v) is 7.08. The van der Waals surface area contributed by atoms with Crippen LogP contribution in [0.2, 0.25) is 0 Å². The lowest BCUT2D eigenvalue weighted by Gasteiger charge is -2.21. The molecule has 0 aliphatic carbocycles. The van der Waals surface area contributed by atoms with Gasteiger partial charge in [0.05, 0.1) is 5.75 Å². The van der Waals surface area contributed by atoms with Gasteiger partial charge in [-0.25, -0.2) is 12.8 Å². The highest BCUT2D eigenvalue weighted by Crippen LogP contribution is 2.04. The van der Waals surface area contributed by atoms with Crippen molar-refractivity contribution in [1.29, 1.82) is 0 Å². The fourth-order valence-corrected chi connectivity index (χ4v) is 1.87. The zero-order valence-corrected chi connectivity index (χ0v) is 10.8. The maximum Gasteiger partial charge on any atom is 0.150 e. The predicted octanol–water partition coefficient (Wildman–Crippen LogP) is 1.54. The molecule has 0 heterocycles. The maximum absolute atomic E-state index is 13.3. The van der Waals surface area contributed by atoms with Gasteiger partial charge in [-0.15, -0.1) is 0 Å². The van der Waals surface area contributed by atoms with Crippen molar-refractivity contribution in [2.24, 2.45) is 0 Å². The van der Waals surface area contributed by atoms with Crippen LogP contribution in [0.1, 0.15) is 34.1 Å². The Morgan fingerprint density at radius 3 is 2.27 bits per heavy atom. The quantitative estimate of drug-likeness (QED) is 0.764. The summed E-state index contributed by atoms with van der Waals surface area (Å²) in [6, 6.07) is 0. The Balaban J connectivity index is 3.81. The molecule has 0 aromatic heterocycles. The third-order valence-electron chi connectivity index (χ3n) is 2.04. The summed E-state index contributed by atoms with van der Waals surface area (Å²) in [5.74, 6) is 0.0307. The molecule has 0 aliphatic rings. The van der Waals surface area contributed by atoms with Crippen LogP contribution in [-0.2, 0) is 9.84 Å². The average molecular weight is 239 g/mol. The highest BCUT2D eigenvalue weighted by molar-refractivity contribution is 7.91. The number of sulfone groups is 1. The molecule has 0 saturated heterocycles. The van der Waals surface area contributed by atoms with E-state index in [1.165, 1.54) is 0 Å². The van der Waals surface area contributed by atoms with Crippen molar-refractivity contribution in [2.45, 2.75) is 45.8 Å². The Morgan fingerprint density at radius 2 is 1.87 bits per heavy atom. The van der Waals surface area contributed by atoms with E-state index in [9.17, 15) is 12.8 Å². The first-order chi connectivity index (χ1) is 6.66. The SMILES string of the molecule is CCS(=O)(=O)CCC(F)CNC(C)(C)C. The monoisotopic (exact) mass is 239 g/mol. The number of nitrogens with one attached hydrogen (secondary N) is 1. The van der Waals surface area contributed by atoms with Gasteiger partial charge in [0, 0.05) is 17.8 Å². The zero-order valence-electron chi connectivity index (χ0n) is 10.0. The summed E-state index contributed by atoms with van der Waals surface area (Å²) >= 11 is 0. The molecule has 0 aliphatic heterocycles. The van der Waals surface area contributed by atoms with E-state index in [2.05, 4.69) is 5.32 Å². The highest BCUT2D eigenvalue weighted by Gasteiger charge is 2.16. The van der Waals surface area contributed by atoms with E-state index in [4.69, 9.17) is 0 Å². The molecule has 92 valence electrons. The molecule has 1 atom stereocenters. The molecule has 15 heavy (non-hydrogen) atoms. The normalized spacial score (nSPS) is 15.3. The second-order valence-electron chi connectivity index (χ2n) is 4.75. The minimum Gasteiger partial charge on any atom is -0.309 e. The van der Waals surface area contributed by atoms with Crippen LogP contribution in [0.3, 0.4) is 0 Å². The molecule has 0 spiro atoms. The predicted molar refractivity (Wildman–Crippen MR) is 61.6 cm³/mol. The van der Waals surface area contributed by atoms with Crippen molar-refractivity contribution < 1.29 is 12.8 Å². The number of hydrogen-bond donors (Lipinski definition) is 1. The van der Waals surface area contributed by atoms with Gasteiger partial charge >= 0.3 is 0 Å². The van der Waals surface area contributed by atoms with Gasteiger partial charge in [-0.2, -0.15) is 0 Å². The van der Waals surface area contributed by atoms with Crippen molar-refractivity contribution >= 4 is 9.84 Å². The lowest BCUT2D eigenvalue weighted by atomic mass is 10.1. The van der Waals surface area contributed by atoms with Crippen molar-refractivity contribution in [3.8, 4) is 0 Å². The Labute approximate surface area is 92.4 Å². The molecule has 0 rings (SSSR count). The van der Waals surface area contributed by atoms with E-state index >= 15 is 0 Å². The van der Waals surface area contributed by atoms with E-state index in [1.807, 2.05) is 20.8 Å². The molecule has 0 amide bonds. The third-order valence-corrected chi connectivity index (χ3v) is 3.77. The van der Waals surface area contributed by atoms with Gasteiger partial charge in [-0.3, -0.25) is 0 Å². The maximum atomic E-state index is 13.3. The second-order valence-corrected chi connectivity index (χ2v) is 7.23. The molecule has 1 N–H and O–H groups in total. The Bertz CT molecular complexity index is 270. The third kappa shape index (κ3) is 8.81. The molecule has 0 radical (unpaired) electrons. The molecule has 0 aromatic rings. The summed E-state index contributed by atoms with van der Waals surface area (Å²) in [7, 11) is -3.04. The van der Waals surface area contributed by atoms with Crippen LogP contribution in [0.5, 0.6) is 0 Å². The standard InChI is InChI=1S/C10H22FNO2S/c1-5-15(13,14)7-6-9(11)8-12-10(2,3)4/h9,12H,5-8H2,1-4H3. The summed E-state index contributed by atoms with van der Waals surface area (Å²) in [5, 5.41) is 3.01. The number of halogens is 1. The summed E-state index contributed by atoms with van der Waals surface area (Å²) in [5.41, 5.74) is -0.131. The lowest BCUT2D eigenvalue weighted by molar-refractivity contribution is 0.280. The molecule has 0 aromatic carbocycles. The number of alkyl halides is 1. The number of rotatable bonds is 6. The smallest absolute Gasteiger partial charge is 0.150 e. The summed E-state index contributed by atoms with van der Waals surface area (Å²) in [6.07, 6.45) is -1.01. The minimum absolute atomic E-state index is 0.0590. The fraction of sp³-hybridized carbons (Fsp3) is 1.00. The summed E-state index contributed by atoms with van der Waals surface area (Å²) in [4.78, 5) is 0.